The minimum atomic E-state index is -1.03. The predicted molar refractivity (Wildman–Crippen MR) is 64.7 cm³/mol. The zero-order chi connectivity index (χ0) is 13.4. The zero-order valence-corrected chi connectivity index (χ0v) is 11.0. The van der Waals surface area contributed by atoms with Gasteiger partial charge in [0.15, 0.2) is 0 Å². The first-order valence-electron chi connectivity index (χ1n) is 5.96. The monoisotopic (exact) mass is 245 g/mol. The first kappa shape index (κ1) is 15.9. The van der Waals surface area contributed by atoms with Crippen molar-refractivity contribution in [3.05, 3.63) is 0 Å². The summed E-state index contributed by atoms with van der Waals surface area (Å²) in [5.74, 6) is -0.769. The molecule has 1 amide bonds. The van der Waals surface area contributed by atoms with E-state index in [0.717, 1.165) is 6.42 Å². The number of carboxylic acids is 1. The van der Waals surface area contributed by atoms with Crippen LogP contribution < -0.4 is 5.32 Å². The topological polar surface area (TPSA) is 75.6 Å². The van der Waals surface area contributed by atoms with Crippen molar-refractivity contribution in [1.82, 2.24) is 5.32 Å². The average Bonchev–Trinajstić information content (AvgIpc) is 2.15. The Morgan fingerprint density at radius 1 is 1.24 bits per heavy atom. The molecule has 0 aliphatic rings. The second-order valence-electron chi connectivity index (χ2n) is 4.69. The quantitative estimate of drug-likeness (QED) is 0.678. The highest BCUT2D eigenvalue weighted by Crippen LogP contribution is 2.07. The van der Waals surface area contributed by atoms with Crippen LogP contribution in [-0.2, 0) is 14.3 Å². The number of aliphatic carboxylic acids is 1. The molecule has 17 heavy (non-hydrogen) atoms. The number of nitrogens with one attached hydrogen (secondary N) is 1. The molecule has 2 atom stereocenters. The zero-order valence-electron chi connectivity index (χ0n) is 11.0. The van der Waals surface area contributed by atoms with E-state index in [1.54, 1.807) is 0 Å². The lowest BCUT2D eigenvalue weighted by molar-refractivity contribution is -0.141. The van der Waals surface area contributed by atoms with Crippen LogP contribution in [0, 0.1) is 5.92 Å². The third-order valence-electron chi connectivity index (χ3n) is 2.28. The van der Waals surface area contributed by atoms with Crippen molar-refractivity contribution >= 4 is 11.9 Å². The minimum Gasteiger partial charge on any atom is -0.480 e. The van der Waals surface area contributed by atoms with Crippen molar-refractivity contribution in [2.75, 3.05) is 6.61 Å². The van der Waals surface area contributed by atoms with Crippen molar-refractivity contribution in [2.24, 2.45) is 5.92 Å². The van der Waals surface area contributed by atoms with Crippen LogP contribution in [0.15, 0.2) is 0 Å². The Hall–Kier alpha value is -1.10. The van der Waals surface area contributed by atoms with Crippen LogP contribution >= 0.6 is 0 Å². The molecule has 0 heterocycles. The fraction of sp³-hybridized carbons (Fsp3) is 0.833. The van der Waals surface area contributed by atoms with Crippen LogP contribution in [0.1, 0.15) is 40.5 Å². The maximum atomic E-state index is 11.3. The van der Waals surface area contributed by atoms with Gasteiger partial charge < -0.3 is 15.2 Å². The largest absolute Gasteiger partial charge is 0.480 e. The molecule has 0 bridgehead atoms. The fourth-order valence-electron chi connectivity index (χ4n) is 1.46. The molecule has 100 valence electrons. The van der Waals surface area contributed by atoms with E-state index in [0.29, 0.717) is 12.5 Å². The van der Waals surface area contributed by atoms with Crippen LogP contribution in [0.4, 0.5) is 0 Å². The molecule has 0 radical (unpaired) electrons. The molecule has 2 N–H and O–H groups in total. The highest BCUT2D eigenvalue weighted by atomic mass is 16.5. The molecule has 0 spiro atoms. The number of carbonyl (C=O) groups is 2. The normalized spacial score (nSPS) is 14.4. The summed E-state index contributed by atoms with van der Waals surface area (Å²) in [7, 11) is 0. The van der Waals surface area contributed by atoms with Crippen molar-refractivity contribution in [3.63, 3.8) is 0 Å². The SMILES string of the molecule is CC(C)CC(C)OCCC(=O)N[C@@H](C)C(=O)O. The van der Waals surface area contributed by atoms with Gasteiger partial charge in [0.25, 0.3) is 0 Å². The Kier molecular flexibility index (Phi) is 7.54. The van der Waals surface area contributed by atoms with Crippen molar-refractivity contribution in [2.45, 2.75) is 52.7 Å². The standard InChI is InChI=1S/C12H23NO4/c1-8(2)7-9(3)17-6-5-11(14)13-10(4)12(15)16/h8-10H,5-7H2,1-4H3,(H,13,14)(H,15,16)/t9?,10-/m0/s1. The van der Waals surface area contributed by atoms with Gasteiger partial charge in [-0.15, -0.1) is 0 Å². The Labute approximate surface area is 103 Å². The third kappa shape index (κ3) is 8.68. The first-order valence-corrected chi connectivity index (χ1v) is 5.96. The number of hydrogen-bond donors (Lipinski definition) is 2. The van der Waals surface area contributed by atoms with E-state index < -0.39 is 12.0 Å². The number of rotatable bonds is 8. The lowest BCUT2D eigenvalue weighted by Gasteiger charge is -2.15. The molecule has 0 aromatic carbocycles. The first-order chi connectivity index (χ1) is 7.82. The average molecular weight is 245 g/mol. The molecule has 0 aromatic rings. The molecule has 0 rings (SSSR count). The summed E-state index contributed by atoms with van der Waals surface area (Å²) in [6.45, 7) is 7.95. The van der Waals surface area contributed by atoms with E-state index >= 15 is 0 Å². The van der Waals surface area contributed by atoms with Gasteiger partial charge in [0.1, 0.15) is 6.04 Å². The summed E-state index contributed by atoms with van der Waals surface area (Å²) in [6.07, 6.45) is 1.27. The Bertz CT molecular complexity index is 253. The van der Waals surface area contributed by atoms with E-state index in [9.17, 15) is 9.59 Å². The van der Waals surface area contributed by atoms with Crippen LogP contribution in [0.25, 0.3) is 0 Å². The lowest BCUT2D eigenvalue weighted by Crippen LogP contribution is -2.38. The van der Waals surface area contributed by atoms with Crippen LogP contribution in [0.3, 0.4) is 0 Å². The number of ether oxygens (including phenoxy) is 1. The van der Waals surface area contributed by atoms with Crippen molar-refractivity contribution in [3.8, 4) is 0 Å². The van der Waals surface area contributed by atoms with E-state index in [1.807, 2.05) is 6.92 Å². The molecule has 0 fully saturated rings. The van der Waals surface area contributed by atoms with Crippen molar-refractivity contribution in [1.29, 1.82) is 0 Å². The molecule has 0 saturated carbocycles. The van der Waals surface area contributed by atoms with E-state index in [1.165, 1.54) is 6.92 Å². The molecule has 1 unspecified atom stereocenters. The summed E-state index contributed by atoms with van der Waals surface area (Å²) in [4.78, 5) is 21.8. The summed E-state index contributed by atoms with van der Waals surface area (Å²) >= 11 is 0. The van der Waals surface area contributed by atoms with Gasteiger partial charge >= 0.3 is 5.97 Å². The van der Waals surface area contributed by atoms with Gasteiger partial charge in [-0.2, -0.15) is 0 Å². The summed E-state index contributed by atoms with van der Waals surface area (Å²) in [6, 6.07) is -0.851. The molecule has 5 nitrogen and oxygen atoms in total. The number of amides is 1. The second kappa shape index (κ2) is 8.06. The Morgan fingerprint density at radius 2 is 1.82 bits per heavy atom. The van der Waals surface area contributed by atoms with Crippen LogP contribution in [0.5, 0.6) is 0 Å². The molecule has 0 aliphatic heterocycles. The fourth-order valence-corrected chi connectivity index (χ4v) is 1.46. The number of carbonyl (C=O) groups excluding carboxylic acids is 1. The van der Waals surface area contributed by atoms with Crippen LogP contribution in [0.2, 0.25) is 0 Å². The van der Waals surface area contributed by atoms with Gasteiger partial charge in [-0.25, -0.2) is 0 Å². The van der Waals surface area contributed by atoms with Gasteiger partial charge in [-0.1, -0.05) is 13.8 Å². The highest BCUT2D eigenvalue weighted by Gasteiger charge is 2.14. The number of hydrogen-bond acceptors (Lipinski definition) is 3. The van der Waals surface area contributed by atoms with E-state index in [2.05, 4.69) is 19.2 Å². The number of carboxylic acid groups (broad SMARTS) is 1. The van der Waals surface area contributed by atoms with E-state index in [4.69, 9.17) is 9.84 Å². The van der Waals surface area contributed by atoms with Crippen LogP contribution in [-0.4, -0.2) is 35.7 Å². The van der Waals surface area contributed by atoms with E-state index in [-0.39, 0.29) is 18.4 Å². The van der Waals surface area contributed by atoms with Gasteiger partial charge in [-0.05, 0) is 26.2 Å². The maximum Gasteiger partial charge on any atom is 0.325 e. The smallest absolute Gasteiger partial charge is 0.325 e. The van der Waals surface area contributed by atoms with Gasteiger partial charge in [0.05, 0.1) is 12.7 Å². The molecular weight excluding hydrogens is 222 g/mol. The van der Waals surface area contributed by atoms with Crippen molar-refractivity contribution < 1.29 is 19.4 Å². The van der Waals surface area contributed by atoms with Gasteiger partial charge in [0, 0.05) is 6.42 Å². The molecule has 0 aliphatic carbocycles. The molecule has 0 aromatic heterocycles. The lowest BCUT2D eigenvalue weighted by atomic mass is 10.1. The Morgan fingerprint density at radius 3 is 2.29 bits per heavy atom. The molecular formula is C12H23NO4. The third-order valence-corrected chi connectivity index (χ3v) is 2.28. The maximum absolute atomic E-state index is 11.3. The Balaban J connectivity index is 3.68. The minimum absolute atomic E-state index is 0.125. The van der Waals surface area contributed by atoms with Gasteiger partial charge in [-0.3, -0.25) is 9.59 Å². The highest BCUT2D eigenvalue weighted by molar-refractivity contribution is 5.83. The summed E-state index contributed by atoms with van der Waals surface area (Å²) < 4.78 is 5.46. The van der Waals surface area contributed by atoms with Gasteiger partial charge in [0.2, 0.25) is 5.91 Å². The predicted octanol–water partition coefficient (Wildman–Crippen LogP) is 1.42. The molecule has 5 heteroatoms. The summed E-state index contributed by atoms with van der Waals surface area (Å²) in [5, 5.41) is 11.0. The second-order valence-corrected chi connectivity index (χ2v) is 4.69. The molecule has 0 saturated heterocycles. The summed E-state index contributed by atoms with van der Waals surface area (Å²) in [5.41, 5.74) is 0.